The summed E-state index contributed by atoms with van der Waals surface area (Å²) in [5.74, 6) is 0.208. The van der Waals surface area contributed by atoms with Crippen molar-refractivity contribution in [2.75, 3.05) is 11.4 Å². The molecule has 3 aromatic rings. The highest BCUT2D eigenvalue weighted by atomic mass is 35.5. The molecule has 32 heavy (non-hydrogen) atoms. The summed E-state index contributed by atoms with van der Waals surface area (Å²) in [4.78, 5) is 23.4. The molecule has 168 valence electrons. The zero-order chi connectivity index (χ0) is 23.3. The van der Waals surface area contributed by atoms with Gasteiger partial charge in [0.15, 0.2) is 5.82 Å². The van der Waals surface area contributed by atoms with Crippen LogP contribution >= 0.6 is 11.6 Å². The Morgan fingerprint density at radius 3 is 2.34 bits per heavy atom. The van der Waals surface area contributed by atoms with E-state index in [9.17, 15) is 26.7 Å². The first kappa shape index (κ1) is 23.3. The lowest BCUT2D eigenvalue weighted by Crippen LogP contribution is -2.25. The molecule has 2 aromatic heterocycles. The Morgan fingerprint density at radius 1 is 1.06 bits per heavy atom. The molecule has 3 rings (SSSR count). The van der Waals surface area contributed by atoms with Gasteiger partial charge in [0, 0.05) is 18.8 Å². The van der Waals surface area contributed by atoms with Gasteiger partial charge in [0.1, 0.15) is 22.8 Å². The molecule has 0 aliphatic carbocycles. The average Bonchev–Trinajstić information content (AvgIpc) is 2.76. The number of halogens is 6. The smallest absolute Gasteiger partial charge is 0.417 e. The van der Waals surface area contributed by atoms with Crippen molar-refractivity contribution in [1.82, 2.24) is 15.0 Å². The lowest BCUT2D eigenvalue weighted by atomic mass is 10.1. The van der Waals surface area contributed by atoms with Gasteiger partial charge in [-0.1, -0.05) is 23.7 Å². The Morgan fingerprint density at radius 2 is 1.78 bits per heavy atom. The Bertz CT molecular complexity index is 1060. The zero-order valence-corrected chi connectivity index (χ0v) is 16.8. The van der Waals surface area contributed by atoms with E-state index in [2.05, 4.69) is 15.0 Å². The highest BCUT2D eigenvalue weighted by Gasteiger charge is 2.30. The van der Waals surface area contributed by atoms with Gasteiger partial charge in [-0.05, 0) is 30.2 Å². The van der Waals surface area contributed by atoms with Crippen molar-refractivity contribution in [1.29, 1.82) is 0 Å². The molecule has 2 heterocycles. The van der Waals surface area contributed by atoms with E-state index in [0.717, 1.165) is 28.9 Å². The van der Waals surface area contributed by atoms with Crippen LogP contribution in [0.3, 0.4) is 0 Å². The van der Waals surface area contributed by atoms with Gasteiger partial charge in [-0.3, -0.25) is 9.69 Å². The molecule has 0 N–H and O–H groups in total. The van der Waals surface area contributed by atoms with Crippen LogP contribution in [-0.2, 0) is 17.4 Å². The van der Waals surface area contributed by atoms with Crippen LogP contribution in [0.4, 0.5) is 27.8 Å². The van der Waals surface area contributed by atoms with Crippen molar-refractivity contribution >= 4 is 23.8 Å². The van der Waals surface area contributed by atoms with Gasteiger partial charge in [-0.15, -0.1) is 0 Å². The number of anilines is 1. The van der Waals surface area contributed by atoms with E-state index in [-0.39, 0.29) is 18.2 Å². The van der Waals surface area contributed by atoms with Crippen LogP contribution in [0.1, 0.15) is 23.2 Å². The summed E-state index contributed by atoms with van der Waals surface area (Å²) in [5, 5.41) is -0.401. The number of hydrogen-bond donors (Lipinski definition) is 0. The van der Waals surface area contributed by atoms with Gasteiger partial charge in [-0.25, -0.2) is 23.7 Å². The molecular formula is C20H14ClF5N4O2. The van der Waals surface area contributed by atoms with Crippen LogP contribution in [0.5, 0.6) is 11.6 Å². The predicted octanol–water partition coefficient (Wildman–Crippen LogP) is 5.48. The summed E-state index contributed by atoms with van der Waals surface area (Å²) in [5.41, 5.74) is -0.782. The molecule has 0 aliphatic rings. The Kier molecular flexibility index (Phi) is 7.18. The molecule has 1 aromatic carbocycles. The third kappa shape index (κ3) is 5.67. The van der Waals surface area contributed by atoms with E-state index in [1.165, 1.54) is 0 Å². The minimum absolute atomic E-state index is 0.00822. The van der Waals surface area contributed by atoms with E-state index in [0.29, 0.717) is 24.8 Å². The first-order valence-electron chi connectivity index (χ1n) is 8.99. The van der Waals surface area contributed by atoms with Crippen LogP contribution < -0.4 is 9.64 Å². The topological polar surface area (TPSA) is 68.2 Å². The fourth-order valence-corrected chi connectivity index (χ4v) is 2.93. The Hall–Kier alpha value is -3.34. The SMILES string of the molecule is O=CN(CCc1ccc(Oc2ccc(C(F)(F)F)cn2)cc1)c1ncnc(C(F)F)c1Cl. The second kappa shape index (κ2) is 9.86. The van der Waals surface area contributed by atoms with Gasteiger partial charge < -0.3 is 4.74 Å². The standard InChI is InChI=1S/C20H14ClF5N4O2/c21-16-17(18(22)23)28-10-29-19(16)30(11-31)8-7-12-1-4-14(5-2-12)32-15-6-3-13(9-27-15)20(24,25)26/h1-6,9-11,18H,7-8H2. The first-order chi connectivity index (χ1) is 15.2. The number of amides is 1. The predicted molar refractivity (Wildman–Crippen MR) is 105 cm³/mol. The van der Waals surface area contributed by atoms with E-state index in [1.807, 2.05) is 0 Å². The number of carbonyl (C=O) groups is 1. The molecule has 0 unspecified atom stereocenters. The molecule has 1 amide bonds. The molecule has 0 fully saturated rings. The number of nitrogens with zero attached hydrogens (tertiary/aromatic N) is 4. The van der Waals surface area contributed by atoms with Crippen molar-refractivity contribution < 1.29 is 31.5 Å². The van der Waals surface area contributed by atoms with Gasteiger partial charge in [0.2, 0.25) is 12.3 Å². The Labute approximate surface area is 183 Å². The quantitative estimate of drug-likeness (QED) is 0.321. The van der Waals surface area contributed by atoms with Crippen LogP contribution in [-0.4, -0.2) is 27.9 Å². The summed E-state index contributed by atoms with van der Waals surface area (Å²) in [6.07, 6.45) is -5.06. The van der Waals surface area contributed by atoms with Crippen molar-refractivity contribution in [3.8, 4) is 11.6 Å². The number of alkyl halides is 5. The minimum atomic E-state index is -4.49. The van der Waals surface area contributed by atoms with Gasteiger partial charge >= 0.3 is 6.18 Å². The second-order valence-electron chi connectivity index (χ2n) is 6.37. The highest BCUT2D eigenvalue weighted by molar-refractivity contribution is 6.33. The van der Waals surface area contributed by atoms with Gasteiger partial charge in [-0.2, -0.15) is 13.2 Å². The third-order valence-corrected chi connectivity index (χ3v) is 4.62. The number of aromatic nitrogens is 3. The summed E-state index contributed by atoms with van der Waals surface area (Å²) in [6.45, 7) is 0.101. The van der Waals surface area contributed by atoms with Gasteiger partial charge in [0.25, 0.3) is 6.43 Å². The number of hydrogen-bond acceptors (Lipinski definition) is 5. The first-order valence-corrected chi connectivity index (χ1v) is 9.37. The zero-order valence-electron chi connectivity index (χ0n) is 16.1. The average molecular weight is 473 g/mol. The molecule has 0 radical (unpaired) electrons. The highest BCUT2D eigenvalue weighted by Crippen LogP contribution is 2.32. The van der Waals surface area contributed by atoms with Crippen molar-refractivity contribution in [2.24, 2.45) is 0 Å². The maximum Gasteiger partial charge on any atom is 0.417 e. The summed E-state index contributed by atoms with van der Waals surface area (Å²) in [6, 6.07) is 8.47. The fraction of sp³-hybridized carbons (Fsp3) is 0.200. The molecule has 0 atom stereocenters. The Balaban J connectivity index is 1.63. The maximum absolute atomic E-state index is 12.9. The molecule has 0 saturated heterocycles. The van der Waals surface area contributed by atoms with Gasteiger partial charge in [0.05, 0.1) is 5.56 Å². The lowest BCUT2D eigenvalue weighted by molar-refractivity contribution is -0.137. The van der Waals surface area contributed by atoms with Crippen LogP contribution in [0.25, 0.3) is 0 Å². The van der Waals surface area contributed by atoms with E-state index in [1.54, 1.807) is 24.3 Å². The van der Waals surface area contributed by atoms with E-state index >= 15 is 0 Å². The van der Waals surface area contributed by atoms with Crippen molar-refractivity contribution in [3.05, 3.63) is 70.8 Å². The van der Waals surface area contributed by atoms with Crippen LogP contribution in [0, 0.1) is 0 Å². The summed E-state index contributed by atoms with van der Waals surface area (Å²) >= 11 is 5.90. The molecule has 0 saturated carbocycles. The number of rotatable bonds is 8. The van der Waals surface area contributed by atoms with Crippen molar-refractivity contribution in [2.45, 2.75) is 19.0 Å². The van der Waals surface area contributed by atoms with Crippen molar-refractivity contribution in [3.63, 3.8) is 0 Å². The maximum atomic E-state index is 12.9. The fourth-order valence-electron chi connectivity index (χ4n) is 2.64. The molecule has 6 nitrogen and oxygen atoms in total. The van der Waals surface area contributed by atoms with E-state index in [4.69, 9.17) is 16.3 Å². The monoisotopic (exact) mass is 472 g/mol. The minimum Gasteiger partial charge on any atom is -0.439 e. The normalized spacial score (nSPS) is 11.5. The van der Waals surface area contributed by atoms with Crippen LogP contribution in [0.2, 0.25) is 5.02 Å². The number of carbonyl (C=O) groups excluding carboxylic acids is 1. The molecule has 0 spiro atoms. The largest absolute Gasteiger partial charge is 0.439 e. The number of pyridine rings is 1. The molecule has 12 heteroatoms. The molecular weight excluding hydrogens is 459 g/mol. The summed E-state index contributed by atoms with van der Waals surface area (Å²) in [7, 11) is 0. The molecule has 0 bridgehead atoms. The van der Waals surface area contributed by atoms with Crippen LogP contribution in [0.15, 0.2) is 48.9 Å². The summed E-state index contributed by atoms with van der Waals surface area (Å²) < 4.78 is 69.0. The number of ether oxygens (including phenoxy) is 1. The second-order valence-corrected chi connectivity index (χ2v) is 6.75. The third-order valence-electron chi connectivity index (χ3n) is 4.25. The molecule has 0 aliphatic heterocycles. The number of benzene rings is 1. The lowest BCUT2D eigenvalue weighted by Gasteiger charge is -2.18. The van der Waals surface area contributed by atoms with E-state index < -0.39 is 28.9 Å².